The van der Waals surface area contributed by atoms with Crippen LogP contribution in [0.1, 0.15) is 13.8 Å². The minimum atomic E-state index is -0.203. The number of hydrogen-bond acceptors (Lipinski definition) is 3. The van der Waals surface area contributed by atoms with E-state index in [9.17, 15) is 4.79 Å². The van der Waals surface area contributed by atoms with Crippen LogP contribution in [0.3, 0.4) is 0 Å². The van der Waals surface area contributed by atoms with Crippen LogP contribution in [-0.2, 0) is 9.53 Å². The molecule has 1 heterocycles. The first-order chi connectivity index (χ1) is 7.95. The van der Waals surface area contributed by atoms with Gasteiger partial charge in [0.1, 0.15) is 5.76 Å². The normalized spacial score (nSPS) is 23.1. The summed E-state index contributed by atoms with van der Waals surface area (Å²) in [6.07, 6.45) is 3.69. The Kier molecular flexibility index (Phi) is 4.15. The van der Waals surface area contributed by atoms with Gasteiger partial charge >= 0.3 is 0 Å². The molecule has 1 fully saturated rings. The lowest BCUT2D eigenvalue weighted by Crippen LogP contribution is -2.46. The van der Waals surface area contributed by atoms with Crippen LogP contribution in [0.4, 0.5) is 0 Å². The average molecular weight is 234 g/mol. The fourth-order valence-corrected chi connectivity index (χ4v) is 1.37. The zero-order valence-electron chi connectivity index (χ0n) is 10.5. The predicted octanol–water partition coefficient (Wildman–Crippen LogP) is 1.60. The summed E-state index contributed by atoms with van der Waals surface area (Å²) in [6.45, 7) is 11.2. The van der Waals surface area contributed by atoms with E-state index >= 15 is 0 Å². The van der Waals surface area contributed by atoms with Gasteiger partial charge in [0.25, 0.3) is 5.91 Å². The van der Waals surface area contributed by atoms with E-state index in [1.54, 1.807) is 7.11 Å². The third kappa shape index (κ3) is 3.24. The molecule has 0 aromatic heterocycles. The van der Waals surface area contributed by atoms with Crippen molar-refractivity contribution in [1.82, 2.24) is 10.6 Å². The third-order valence-corrected chi connectivity index (χ3v) is 2.59. The highest BCUT2D eigenvalue weighted by Crippen LogP contribution is 2.11. The van der Waals surface area contributed by atoms with E-state index in [-0.39, 0.29) is 11.9 Å². The van der Waals surface area contributed by atoms with E-state index in [4.69, 9.17) is 4.74 Å². The quantitative estimate of drug-likeness (QED) is 0.443. The Bertz CT molecular complexity index is 419. The van der Waals surface area contributed by atoms with E-state index < -0.39 is 0 Å². The van der Waals surface area contributed by atoms with Crippen molar-refractivity contribution in [3.63, 3.8) is 0 Å². The number of piperazine rings is 1. The minimum Gasteiger partial charge on any atom is -0.497 e. The van der Waals surface area contributed by atoms with Crippen molar-refractivity contribution in [3.05, 3.63) is 48.0 Å². The molecule has 2 N–H and O–H groups in total. The number of ether oxygens (including phenoxy) is 1. The Balaban J connectivity index is 2.82. The molecular weight excluding hydrogens is 216 g/mol. The summed E-state index contributed by atoms with van der Waals surface area (Å²) < 4.78 is 5.01. The SMILES string of the molecule is C=C1NC(C)/C(=C\C=C(\C)C(=C)OC)NC1=O. The van der Waals surface area contributed by atoms with Gasteiger partial charge in [0.2, 0.25) is 0 Å². The van der Waals surface area contributed by atoms with Crippen LogP contribution in [0, 0.1) is 0 Å². The van der Waals surface area contributed by atoms with Gasteiger partial charge in [0.15, 0.2) is 0 Å². The minimum absolute atomic E-state index is 0.0278. The molecule has 4 nitrogen and oxygen atoms in total. The number of carbonyl (C=O) groups excluding carboxylic acids is 1. The Labute approximate surface area is 102 Å². The van der Waals surface area contributed by atoms with Crippen molar-refractivity contribution in [2.45, 2.75) is 19.9 Å². The highest BCUT2D eigenvalue weighted by molar-refractivity contribution is 5.94. The largest absolute Gasteiger partial charge is 0.497 e. The zero-order valence-corrected chi connectivity index (χ0v) is 10.5. The first-order valence-corrected chi connectivity index (χ1v) is 5.34. The summed E-state index contributed by atoms with van der Waals surface area (Å²) in [5.41, 5.74) is 2.09. The summed E-state index contributed by atoms with van der Waals surface area (Å²) in [4.78, 5) is 11.4. The van der Waals surface area contributed by atoms with Crippen LogP contribution in [0.25, 0.3) is 0 Å². The Morgan fingerprint density at radius 1 is 1.53 bits per heavy atom. The molecule has 17 heavy (non-hydrogen) atoms. The molecule has 0 aromatic rings. The van der Waals surface area contributed by atoms with Gasteiger partial charge in [-0.2, -0.15) is 0 Å². The van der Waals surface area contributed by atoms with Gasteiger partial charge in [-0.15, -0.1) is 0 Å². The molecule has 0 saturated carbocycles. The lowest BCUT2D eigenvalue weighted by Gasteiger charge is -2.26. The van der Waals surface area contributed by atoms with Crippen LogP contribution in [-0.4, -0.2) is 19.1 Å². The molecule has 0 spiro atoms. The van der Waals surface area contributed by atoms with Gasteiger partial charge in [-0.3, -0.25) is 4.79 Å². The maximum atomic E-state index is 11.4. The van der Waals surface area contributed by atoms with E-state index in [1.807, 2.05) is 26.0 Å². The van der Waals surface area contributed by atoms with Crippen LogP contribution in [0.15, 0.2) is 48.0 Å². The van der Waals surface area contributed by atoms with Crippen LogP contribution < -0.4 is 10.6 Å². The summed E-state index contributed by atoms with van der Waals surface area (Å²) in [6, 6.07) is 0.0278. The number of allylic oxidation sites excluding steroid dienone is 3. The molecule has 92 valence electrons. The van der Waals surface area contributed by atoms with Gasteiger partial charge in [-0.25, -0.2) is 0 Å². The predicted molar refractivity (Wildman–Crippen MR) is 67.9 cm³/mol. The van der Waals surface area contributed by atoms with E-state index in [0.29, 0.717) is 11.5 Å². The molecule has 1 rings (SSSR count). The Morgan fingerprint density at radius 3 is 2.76 bits per heavy atom. The van der Waals surface area contributed by atoms with Gasteiger partial charge in [-0.1, -0.05) is 19.2 Å². The molecular formula is C13H18N2O2. The molecule has 1 unspecified atom stereocenters. The highest BCUT2D eigenvalue weighted by atomic mass is 16.5. The maximum Gasteiger partial charge on any atom is 0.270 e. The lowest BCUT2D eigenvalue weighted by atomic mass is 10.1. The Hall–Kier alpha value is -1.97. The first kappa shape index (κ1) is 13.1. The standard InChI is InChI=1S/C13H18N2O2/c1-8(11(4)17-5)6-7-12-9(2)14-10(3)13(16)15-12/h6-7,9,14H,3-4H2,1-2,5H3,(H,15,16)/b8-6-,12-7+. The second-order valence-electron chi connectivity index (χ2n) is 3.90. The Morgan fingerprint density at radius 2 is 2.18 bits per heavy atom. The fraction of sp³-hybridized carbons (Fsp3) is 0.308. The van der Waals surface area contributed by atoms with Gasteiger partial charge in [0.05, 0.1) is 18.8 Å². The second kappa shape index (κ2) is 5.39. The highest BCUT2D eigenvalue weighted by Gasteiger charge is 2.20. The molecule has 0 bridgehead atoms. The molecule has 4 heteroatoms. The molecule has 0 aromatic carbocycles. The van der Waals surface area contributed by atoms with Crippen molar-refractivity contribution in [2.75, 3.05) is 7.11 Å². The van der Waals surface area contributed by atoms with Crippen molar-refractivity contribution >= 4 is 5.91 Å². The molecule has 1 amide bonds. The van der Waals surface area contributed by atoms with E-state index in [1.165, 1.54) is 0 Å². The summed E-state index contributed by atoms with van der Waals surface area (Å²) in [5, 5.41) is 5.76. The summed E-state index contributed by atoms with van der Waals surface area (Å²) >= 11 is 0. The number of carbonyl (C=O) groups is 1. The van der Waals surface area contributed by atoms with Crippen LogP contribution in [0.5, 0.6) is 0 Å². The molecule has 0 radical (unpaired) electrons. The number of methoxy groups -OCH3 is 1. The maximum absolute atomic E-state index is 11.4. The van der Waals surface area contributed by atoms with Crippen molar-refractivity contribution < 1.29 is 9.53 Å². The molecule has 1 saturated heterocycles. The monoisotopic (exact) mass is 234 g/mol. The smallest absolute Gasteiger partial charge is 0.270 e. The summed E-state index contributed by atoms with van der Waals surface area (Å²) in [5.74, 6) is 0.403. The van der Waals surface area contributed by atoms with E-state index in [0.717, 1.165) is 11.3 Å². The van der Waals surface area contributed by atoms with E-state index in [2.05, 4.69) is 23.8 Å². The van der Waals surface area contributed by atoms with Crippen LogP contribution in [0.2, 0.25) is 0 Å². The second-order valence-corrected chi connectivity index (χ2v) is 3.90. The molecule has 1 aliphatic rings. The first-order valence-electron chi connectivity index (χ1n) is 5.34. The molecule has 0 aliphatic carbocycles. The topological polar surface area (TPSA) is 50.4 Å². The van der Waals surface area contributed by atoms with Crippen molar-refractivity contribution in [1.29, 1.82) is 0 Å². The fourth-order valence-electron chi connectivity index (χ4n) is 1.37. The van der Waals surface area contributed by atoms with Crippen molar-refractivity contribution in [2.24, 2.45) is 0 Å². The number of amides is 1. The van der Waals surface area contributed by atoms with Crippen LogP contribution >= 0.6 is 0 Å². The lowest BCUT2D eigenvalue weighted by molar-refractivity contribution is -0.118. The third-order valence-electron chi connectivity index (χ3n) is 2.59. The van der Waals surface area contributed by atoms with Gasteiger partial charge in [0, 0.05) is 5.70 Å². The number of hydrogen-bond donors (Lipinski definition) is 2. The van der Waals surface area contributed by atoms with Gasteiger partial charge < -0.3 is 15.4 Å². The number of rotatable bonds is 3. The van der Waals surface area contributed by atoms with Gasteiger partial charge in [-0.05, 0) is 25.5 Å². The average Bonchev–Trinajstić information content (AvgIpc) is 2.30. The summed E-state index contributed by atoms with van der Waals surface area (Å²) in [7, 11) is 1.57. The zero-order chi connectivity index (χ0) is 13.0. The molecule has 1 atom stereocenters. The number of nitrogens with one attached hydrogen (secondary N) is 2. The molecule has 1 aliphatic heterocycles. The van der Waals surface area contributed by atoms with Crippen molar-refractivity contribution in [3.8, 4) is 0 Å².